The van der Waals surface area contributed by atoms with Crippen molar-refractivity contribution in [2.75, 3.05) is 0 Å². The van der Waals surface area contributed by atoms with Gasteiger partial charge >= 0.3 is 0 Å². The SMILES string of the molecule is CC(Cl)C(C)(C)NCc1cc(F)ccc1Cl. The smallest absolute Gasteiger partial charge is 0.123 e. The maximum Gasteiger partial charge on any atom is 0.123 e. The third kappa shape index (κ3) is 3.62. The maximum absolute atomic E-state index is 13.0. The molecule has 1 atom stereocenters. The first-order valence-corrected chi connectivity index (χ1v) is 5.97. The van der Waals surface area contributed by atoms with E-state index in [9.17, 15) is 4.39 Å². The molecule has 16 heavy (non-hydrogen) atoms. The van der Waals surface area contributed by atoms with Gasteiger partial charge < -0.3 is 5.32 Å². The van der Waals surface area contributed by atoms with Gasteiger partial charge in [-0.25, -0.2) is 4.39 Å². The lowest BCUT2D eigenvalue weighted by Gasteiger charge is -2.29. The van der Waals surface area contributed by atoms with Crippen LogP contribution >= 0.6 is 23.2 Å². The summed E-state index contributed by atoms with van der Waals surface area (Å²) in [6.45, 7) is 6.41. The predicted octanol–water partition coefficient (Wildman–Crippen LogP) is 3.97. The summed E-state index contributed by atoms with van der Waals surface area (Å²) in [7, 11) is 0. The van der Waals surface area contributed by atoms with E-state index in [0.717, 1.165) is 5.56 Å². The fourth-order valence-corrected chi connectivity index (χ4v) is 1.40. The Morgan fingerprint density at radius 2 is 2.06 bits per heavy atom. The summed E-state index contributed by atoms with van der Waals surface area (Å²) in [5.41, 5.74) is 0.518. The highest BCUT2D eigenvalue weighted by Gasteiger charge is 2.23. The zero-order chi connectivity index (χ0) is 12.3. The van der Waals surface area contributed by atoms with Gasteiger partial charge in [-0.2, -0.15) is 0 Å². The van der Waals surface area contributed by atoms with E-state index in [-0.39, 0.29) is 16.7 Å². The highest BCUT2D eigenvalue weighted by Crippen LogP contribution is 2.20. The highest BCUT2D eigenvalue weighted by atomic mass is 35.5. The van der Waals surface area contributed by atoms with E-state index in [1.165, 1.54) is 12.1 Å². The van der Waals surface area contributed by atoms with Crippen LogP contribution in [0.5, 0.6) is 0 Å². The molecule has 1 aromatic rings. The Labute approximate surface area is 106 Å². The number of benzene rings is 1. The molecular formula is C12H16Cl2FN. The second-order valence-corrected chi connectivity index (χ2v) is 5.49. The average Bonchev–Trinajstić information content (AvgIpc) is 2.19. The van der Waals surface area contributed by atoms with Crippen molar-refractivity contribution in [3.8, 4) is 0 Å². The van der Waals surface area contributed by atoms with Gasteiger partial charge in [-0.15, -0.1) is 11.6 Å². The molecule has 0 radical (unpaired) electrons. The van der Waals surface area contributed by atoms with E-state index in [2.05, 4.69) is 5.32 Å². The van der Waals surface area contributed by atoms with Gasteiger partial charge in [0.05, 0.1) is 0 Å². The number of rotatable bonds is 4. The topological polar surface area (TPSA) is 12.0 Å². The van der Waals surface area contributed by atoms with Crippen molar-refractivity contribution < 1.29 is 4.39 Å². The van der Waals surface area contributed by atoms with E-state index in [4.69, 9.17) is 23.2 Å². The number of hydrogen-bond donors (Lipinski definition) is 1. The average molecular weight is 264 g/mol. The summed E-state index contributed by atoms with van der Waals surface area (Å²) in [6, 6.07) is 4.34. The van der Waals surface area contributed by atoms with Crippen molar-refractivity contribution in [3.63, 3.8) is 0 Å². The van der Waals surface area contributed by atoms with Gasteiger partial charge in [-0.1, -0.05) is 11.6 Å². The van der Waals surface area contributed by atoms with Crippen LogP contribution in [0.1, 0.15) is 26.3 Å². The molecule has 1 aromatic carbocycles. The molecule has 1 nitrogen and oxygen atoms in total. The number of halogens is 3. The lowest BCUT2D eigenvalue weighted by atomic mass is 10.0. The number of hydrogen-bond acceptors (Lipinski definition) is 1. The molecule has 0 aliphatic heterocycles. The Balaban J connectivity index is 2.71. The first-order valence-electron chi connectivity index (χ1n) is 5.16. The molecule has 1 unspecified atom stereocenters. The fraction of sp³-hybridized carbons (Fsp3) is 0.500. The molecular weight excluding hydrogens is 248 g/mol. The molecule has 0 bridgehead atoms. The molecule has 0 saturated carbocycles. The minimum Gasteiger partial charge on any atom is -0.306 e. The Morgan fingerprint density at radius 3 is 2.62 bits per heavy atom. The second kappa shape index (κ2) is 5.35. The summed E-state index contributed by atoms with van der Waals surface area (Å²) in [5.74, 6) is -0.280. The number of alkyl halides is 1. The van der Waals surface area contributed by atoms with E-state index in [0.29, 0.717) is 11.6 Å². The van der Waals surface area contributed by atoms with Gasteiger partial charge in [0.1, 0.15) is 5.82 Å². The molecule has 0 heterocycles. The van der Waals surface area contributed by atoms with Gasteiger partial charge in [0.2, 0.25) is 0 Å². The first kappa shape index (κ1) is 13.8. The van der Waals surface area contributed by atoms with E-state index in [1.807, 2.05) is 20.8 Å². The zero-order valence-corrected chi connectivity index (χ0v) is 11.2. The van der Waals surface area contributed by atoms with E-state index in [1.54, 1.807) is 6.07 Å². The zero-order valence-electron chi connectivity index (χ0n) is 9.65. The Kier molecular flexibility index (Phi) is 4.60. The minimum absolute atomic E-state index is 0.0279. The normalized spacial score (nSPS) is 13.9. The number of nitrogens with one attached hydrogen (secondary N) is 1. The molecule has 1 rings (SSSR count). The lowest BCUT2D eigenvalue weighted by Crippen LogP contribution is -2.45. The first-order chi connectivity index (χ1) is 7.33. The lowest BCUT2D eigenvalue weighted by molar-refractivity contribution is 0.380. The van der Waals surface area contributed by atoms with Crippen molar-refractivity contribution >= 4 is 23.2 Å². The molecule has 0 amide bonds. The fourth-order valence-electron chi connectivity index (χ4n) is 1.14. The molecule has 90 valence electrons. The maximum atomic E-state index is 13.0. The van der Waals surface area contributed by atoms with Crippen LogP contribution in [0.2, 0.25) is 5.02 Å². The molecule has 0 aliphatic rings. The van der Waals surface area contributed by atoms with Crippen molar-refractivity contribution in [3.05, 3.63) is 34.6 Å². The van der Waals surface area contributed by atoms with Gasteiger partial charge in [-0.3, -0.25) is 0 Å². The minimum atomic E-state index is -0.280. The van der Waals surface area contributed by atoms with Crippen molar-refractivity contribution in [1.82, 2.24) is 5.32 Å². The quantitative estimate of drug-likeness (QED) is 0.811. The van der Waals surface area contributed by atoms with Crippen LogP contribution in [0.3, 0.4) is 0 Å². The Hall–Kier alpha value is -0.310. The van der Waals surface area contributed by atoms with Crippen molar-refractivity contribution in [2.45, 2.75) is 38.2 Å². The van der Waals surface area contributed by atoms with Gasteiger partial charge in [0.15, 0.2) is 0 Å². The largest absolute Gasteiger partial charge is 0.306 e. The third-order valence-corrected chi connectivity index (χ3v) is 3.65. The Morgan fingerprint density at radius 1 is 1.44 bits per heavy atom. The molecule has 0 aliphatic carbocycles. The van der Waals surface area contributed by atoms with Crippen molar-refractivity contribution in [2.24, 2.45) is 0 Å². The monoisotopic (exact) mass is 263 g/mol. The second-order valence-electron chi connectivity index (χ2n) is 4.43. The van der Waals surface area contributed by atoms with Crippen LogP contribution in [0.4, 0.5) is 4.39 Å². The third-order valence-electron chi connectivity index (χ3n) is 2.74. The summed E-state index contributed by atoms with van der Waals surface area (Å²) < 4.78 is 13.0. The van der Waals surface area contributed by atoms with E-state index < -0.39 is 0 Å². The molecule has 0 spiro atoms. The molecule has 1 N–H and O–H groups in total. The van der Waals surface area contributed by atoms with Crippen LogP contribution in [0.25, 0.3) is 0 Å². The van der Waals surface area contributed by atoms with Crippen LogP contribution in [-0.2, 0) is 6.54 Å². The van der Waals surface area contributed by atoms with Crippen molar-refractivity contribution in [1.29, 1.82) is 0 Å². The summed E-state index contributed by atoms with van der Waals surface area (Å²) >= 11 is 12.0. The van der Waals surface area contributed by atoms with Crippen LogP contribution in [-0.4, -0.2) is 10.9 Å². The van der Waals surface area contributed by atoms with Gasteiger partial charge in [0.25, 0.3) is 0 Å². The predicted molar refractivity (Wildman–Crippen MR) is 67.6 cm³/mol. The summed E-state index contributed by atoms with van der Waals surface area (Å²) in [5, 5.41) is 3.79. The highest BCUT2D eigenvalue weighted by molar-refractivity contribution is 6.31. The molecule has 0 saturated heterocycles. The summed E-state index contributed by atoms with van der Waals surface area (Å²) in [6.07, 6.45) is 0. The van der Waals surface area contributed by atoms with Crippen LogP contribution in [0.15, 0.2) is 18.2 Å². The molecule has 4 heteroatoms. The van der Waals surface area contributed by atoms with Crippen LogP contribution in [0, 0.1) is 5.82 Å². The van der Waals surface area contributed by atoms with Crippen LogP contribution < -0.4 is 5.32 Å². The Bertz CT molecular complexity index is 364. The summed E-state index contributed by atoms with van der Waals surface area (Å²) in [4.78, 5) is 0. The van der Waals surface area contributed by atoms with E-state index >= 15 is 0 Å². The van der Waals surface area contributed by atoms with Gasteiger partial charge in [-0.05, 0) is 44.5 Å². The van der Waals surface area contributed by atoms with Gasteiger partial charge in [0, 0.05) is 22.5 Å². The standard InChI is InChI=1S/C12H16Cl2FN/c1-8(13)12(2,3)16-7-9-6-10(15)4-5-11(9)14/h4-6,8,16H,7H2,1-3H3. The molecule has 0 aromatic heterocycles. The molecule has 0 fully saturated rings.